The highest BCUT2D eigenvalue weighted by Crippen LogP contribution is 2.40. The van der Waals surface area contributed by atoms with Crippen molar-refractivity contribution in [2.75, 3.05) is 0 Å². The van der Waals surface area contributed by atoms with Crippen molar-refractivity contribution >= 4 is 10.1 Å². The smallest absolute Gasteiger partial charge is 0.381 e. The van der Waals surface area contributed by atoms with Gasteiger partial charge in [0.15, 0.2) is 0 Å². The molecule has 104 valence electrons. The summed E-state index contributed by atoms with van der Waals surface area (Å²) in [7, 11) is -5.50. The van der Waals surface area contributed by atoms with Crippen LogP contribution in [0.3, 0.4) is 0 Å². The maximum atomic E-state index is 12.2. The summed E-state index contributed by atoms with van der Waals surface area (Å²) < 4.78 is 62.5. The van der Waals surface area contributed by atoms with Crippen LogP contribution in [0.4, 0.5) is 13.2 Å². The lowest BCUT2D eigenvalue weighted by atomic mass is 9.74. The summed E-state index contributed by atoms with van der Waals surface area (Å²) in [5, 5.41) is 0. The van der Waals surface area contributed by atoms with Gasteiger partial charge in [0.05, 0.1) is 0 Å². The first-order valence-electron chi connectivity index (χ1n) is 6.01. The summed E-state index contributed by atoms with van der Waals surface area (Å²) >= 11 is 0. The van der Waals surface area contributed by atoms with Gasteiger partial charge < -0.3 is 4.18 Å². The molecule has 2 rings (SSSR count). The topological polar surface area (TPSA) is 43.4 Å². The molecule has 0 N–H and O–H groups in total. The van der Waals surface area contributed by atoms with E-state index in [0.717, 1.165) is 25.7 Å². The quantitative estimate of drug-likeness (QED) is 0.577. The maximum absolute atomic E-state index is 12.2. The maximum Gasteiger partial charge on any atom is 0.534 e. The number of fused-ring (bicyclic) bond motifs is 1. The van der Waals surface area contributed by atoms with E-state index in [9.17, 15) is 21.6 Å². The first kappa shape index (κ1) is 13.7. The minimum absolute atomic E-state index is 0.0459. The van der Waals surface area contributed by atoms with E-state index in [-0.39, 0.29) is 18.1 Å². The van der Waals surface area contributed by atoms with Crippen LogP contribution in [-0.2, 0) is 14.3 Å². The monoisotopic (exact) mass is 284 g/mol. The number of halogens is 3. The van der Waals surface area contributed by atoms with Gasteiger partial charge in [-0.15, -0.1) is 0 Å². The molecule has 0 amide bonds. The average molecular weight is 284 g/mol. The molecule has 3 nitrogen and oxygen atoms in total. The van der Waals surface area contributed by atoms with Crippen molar-refractivity contribution in [3.63, 3.8) is 0 Å². The second-order valence-electron chi connectivity index (χ2n) is 4.86. The predicted octanol–water partition coefficient (Wildman–Crippen LogP) is 3.34. The highest BCUT2D eigenvalue weighted by Gasteiger charge is 2.49. The summed E-state index contributed by atoms with van der Waals surface area (Å²) in [6.07, 6.45) is 6.73. The van der Waals surface area contributed by atoms with E-state index < -0.39 is 15.6 Å². The molecular weight excluding hydrogens is 269 g/mol. The van der Waals surface area contributed by atoms with Gasteiger partial charge >= 0.3 is 15.6 Å². The zero-order chi connectivity index (χ0) is 13.4. The van der Waals surface area contributed by atoms with Crippen molar-refractivity contribution in [3.8, 4) is 0 Å². The third-order valence-electron chi connectivity index (χ3n) is 3.63. The van der Waals surface area contributed by atoms with Crippen LogP contribution < -0.4 is 0 Å². The summed E-state index contributed by atoms with van der Waals surface area (Å²) in [6.45, 7) is 0. The first-order chi connectivity index (χ1) is 8.29. The fourth-order valence-corrected chi connectivity index (χ4v) is 3.24. The van der Waals surface area contributed by atoms with Gasteiger partial charge in [-0.05, 0) is 37.2 Å². The van der Waals surface area contributed by atoms with E-state index in [1.165, 1.54) is 0 Å². The lowest BCUT2D eigenvalue weighted by Crippen LogP contribution is -2.28. The van der Waals surface area contributed by atoms with E-state index in [1.807, 2.05) is 0 Å². The van der Waals surface area contributed by atoms with Crippen LogP contribution in [0.15, 0.2) is 11.8 Å². The molecule has 0 saturated heterocycles. The Morgan fingerprint density at radius 2 is 1.83 bits per heavy atom. The fraction of sp³-hybridized carbons (Fsp3) is 0.818. The molecule has 2 aliphatic rings. The zero-order valence-electron chi connectivity index (χ0n) is 9.74. The SMILES string of the molecule is O=S(=O)(OC1=C[C@@H]2CCCC[C@H]2CC1)C(F)(F)F. The Balaban J connectivity index is 2.09. The normalized spacial score (nSPS) is 29.4. The Morgan fingerprint density at radius 1 is 1.17 bits per heavy atom. The molecule has 2 aliphatic carbocycles. The highest BCUT2D eigenvalue weighted by molar-refractivity contribution is 7.87. The van der Waals surface area contributed by atoms with Gasteiger partial charge in [0.1, 0.15) is 5.76 Å². The third kappa shape index (κ3) is 2.81. The van der Waals surface area contributed by atoms with Crippen LogP contribution in [0.5, 0.6) is 0 Å². The van der Waals surface area contributed by atoms with Crippen LogP contribution >= 0.6 is 0 Å². The third-order valence-corrected chi connectivity index (χ3v) is 4.63. The molecule has 0 unspecified atom stereocenters. The second kappa shape index (κ2) is 4.75. The number of rotatable bonds is 2. The van der Waals surface area contributed by atoms with Crippen LogP contribution in [0.25, 0.3) is 0 Å². The Bertz CT molecular complexity index is 439. The van der Waals surface area contributed by atoms with E-state index in [4.69, 9.17) is 0 Å². The molecule has 0 radical (unpaired) electrons. The van der Waals surface area contributed by atoms with Gasteiger partial charge in [0.2, 0.25) is 0 Å². The number of allylic oxidation sites excluding steroid dienone is 2. The van der Waals surface area contributed by atoms with E-state index in [1.54, 1.807) is 6.08 Å². The van der Waals surface area contributed by atoms with Crippen LogP contribution in [0.2, 0.25) is 0 Å². The molecule has 0 bridgehead atoms. The molecule has 0 aliphatic heterocycles. The van der Waals surface area contributed by atoms with Crippen molar-refractivity contribution < 1.29 is 25.8 Å². The average Bonchev–Trinajstić information content (AvgIpc) is 2.27. The summed E-state index contributed by atoms with van der Waals surface area (Å²) in [4.78, 5) is 0. The lowest BCUT2D eigenvalue weighted by Gasteiger charge is -2.33. The van der Waals surface area contributed by atoms with Gasteiger partial charge in [-0.25, -0.2) is 0 Å². The molecule has 0 spiro atoms. The highest BCUT2D eigenvalue weighted by atomic mass is 32.2. The van der Waals surface area contributed by atoms with Crippen LogP contribution in [0.1, 0.15) is 38.5 Å². The molecule has 1 saturated carbocycles. The molecule has 1 fully saturated rings. The molecule has 0 aromatic heterocycles. The van der Waals surface area contributed by atoms with Crippen molar-refractivity contribution in [2.45, 2.75) is 44.0 Å². The Morgan fingerprint density at radius 3 is 2.50 bits per heavy atom. The van der Waals surface area contributed by atoms with Gasteiger partial charge in [0, 0.05) is 6.42 Å². The number of alkyl halides is 3. The van der Waals surface area contributed by atoms with E-state index in [0.29, 0.717) is 12.3 Å². The van der Waals surface area contributed by atoms with Crippen molar-refractivity contribution in [1.82, 2.24) is 0 Å². The first-order valence-corrected chi connectivity index (χ1v) is 7.42. The van der Waals surface area contributed by atoms with Crippen molar-refractivity contribution in [1.29, 1.82) is 0 Å². The minimum atomic E-state index is -5.50. The van der Waals surface area contributed by atoms with E-state index >= 15 is 0 Å². The van der Waals surface area contributed by atoms with Crippen molar-refractivity contribution in [3.05, 3.63) is 11.8 Å². The van der Waals surface area contributed by atoms with Crippen LogP contribution in [-0.4, -0.2) is 13.9 Å². The Hall–Kier alpha value is -0.720. The largest absolute Gasteiger partial charge is 0.534 e. The summed E-state index contributed by atoms with van der Waals surface area (Å²) in [5.41, 5.74) is -5.35. The molecular formula is C11H15F3O3S. The summed E-state index contributed by atoms with van der Waals surface area (Å²) in [5.74, 6) is 0.598. The number of hydrogen-bond acceptors (Lipinski definition) is 3. The molecule has 18 heavy (non-hydrogen) atoms. The number of hydrogen-bond donors (Lipinski definition) is 0. The fourth-order valence-electron chi connectivity index (χ4n) is 2.72. The van der Waals surface area contributed by atoms with Crippen molar-refractivity contribution in [2.24, 2.45) is 11.8 Å². The lowest BCUT2D eigenvalue weighted by molar-refractivity contribution is -0.0525. The molecule has 0 heterocycles. The second-order valence-corrected chi connectivity index (χ2v) is 6.40. The standard InChI is InChI=1S/C11H15F3O3S/c12-11(13,14)18(15,16)17-10-6-5-8-3-1-2-4-9(8)7-10/h7-9H,1-6H2/t8-,9-/m0/s1. The van der Waals surface area contributed by atoms with Crippen LogP contribution in [0, 0.1) is 11.8 Å². The Labute approximate surface area is 104 Å². The van der Waals surface area contributed by atoms with Gasteiger partial charge in [-0.3, -0.25) is 0 Å². The molecule has 0 aromatic carbocycles. The molecule has 2 atom stereocenters. The molecule has 0 aromatic rings. The minimum Gasteiger partial charge on any atom is -0.381 e. The van der Waals surface area contributed by atoms with Gasteiger partial charge in [-0.1, -0.05) is 12.8 Å². The Kier molecular flexibility index (Phi) is 3.62. The van der Waals surface area contributed by atoms with Gasteiger partial charge in [-0.2, -0.15) is 21.6 Å². The zero-order valence-corrected chi connectivity index (χ0v) is 10.6. The van der Waals surface area contributed by atoms with E-state index in [2.05, 4.69) is 4.18 Å². The predicted molar refractivity (Wildman–Crippen MR) is 58.8 cm³/mol. The molecule has 7 heteroatoms. The summed E-state index contributed by atoms with van der Waals surface area (Å²) in [6, 6.07) is 0. The van der Waals surface area contributed by atoms with Gasteiger partial charge in [0.25, 0.3) is 0 Å².